The molecule has 32 heavy (non-hydrogen) atoms. The van der Waals surface area contributed by atoms with E-state index in [9.17, 15) is 0 Å². The zero-order valence-corrected chi connectivity index (χ0v) is 18.4. The van der Waals surface area contributed by atoms with E-state index in [4.69, 9.17) is 19.9 Å². The molecule has 3 aromatic rings. The third kappa shape index (κ3) is 4.72. The molecule has 2 aromatic heterocycles. The lowest BCUT2D eigenvalue weighted by Gasteiger charge is -2.26. The van der Waals surface area contributed by atoms with Crippen molar-refractivity contribution in [1.29, 1.82) is 0 Å². The van der Waals surface area contributed by atoms with Crippen molar-refractivity contribution < 1.29 is 14.2 Å². The fraction of sp³-hybridized carbons (Fsp3) is 0.500. The number of nitrogens with zero attached hydrogens (tertiary/aromatic N) is 4. The van der Waals surface area contributed by atoms with Gasteiger partial charge >= 0.3 is 0 Å². The fourth-order valence-corrected chi connectivity index (χ4v) is 4.48. The molecular weight excluding hydrogens is 406 g/mol. The summed E-state index contributed by atoms with van der Waals surface area (Å²) in [5.74, 6) is 1.24. The van der Waals surface area contributed by atoms with E-state index < -0.39 is 0 Å². The molecule has 170 valence electrons. The van der Waals surface area contributed by atoms with E-state index in [-0.39, 0.29) is 6.23 Å². The van der Waals surface area contributed by atoms with Gasteiger partial charge in [-0.3, -0.25) is 4.90 Å². The van der Waals surface area contributed by atoms with Crippen LogP contribution in [-0.4, -0.2) is 65.7 Å². The first-order chi connectivity index (χ1) is 15.8. The van der Waals surface area contributed by atoms with Crippen LogP contribution in [0.4, 0.5) is 5.82 Å². The number of hydrogen-bond donors (Lipinski definition) is 1. The molecule has 1 aromatic carbocycles. The molecule has 0 spiro atoms. The van der Waals surface area contributed by atoms with Crippen LogP contribution in [-0.2, 0) is 9.47 Å². The second-order valence-electron chi connectivity index (χ2n) is 8.42. The van der Waals surface area contributed by atoms with Crippen LogP contribution in [0.15, 0.2) is 36.5 Å². The van der Waals surface area contributed by atoms with Gasteiger partial charge in [0.05, 0.1) is 31.0 Å². The number of nitrogens with two attached hydrogens (primary N) is 1. The van der Waals surface area contributed by atoms with Gasteiger partial charge in [-0.25, -0.2) is 9.67 Å². The van der Waals surface area contributed by atoms with Gasteiger partial charge in [-0.05, 0) is 43.9 Å². The highest BCUT2D eigenvalue weighted by molar-refractivity contribution is 5.90. The van der Waals surface area contributed by atoms with E-state index in [2.05, 4.69) is 33.2 Å². The minimum atomic E-state index is -0.0105. The number of rotatable bonds is 7. The van der Waals surface area contributed by atoms with E-state index in [0.717, 1.165) is 93.0 Å². The zero-order chi connectivity index (χ0) is 21.8. The van der Waals surface area contributed by atoms with Crippen molar-refractivity contribution in [2.24, 2.45) is 0 Å². The number of pyridine rings is 1. The number of fused-ring (bicyclic) bond motifs is 1. The molecule has 0 aliphatic carbocycles. The summed E-state index contributed by atoms with van der Waals surface area (Å²) >= 11 is 0. The smallest absolute Gasteiger partial charge is 0.150 e. The van der Waals surface area contributed by atoms with Crippen LogP contribution in [0.1, 0.15) is 31.9 Å². The van der Waals surface area contributed by atoms with Gasteiger partial charge in [-0.1, -0.05) is 6.07 Å². The normalized spacial score (nSPS) is 19.9. The second-order valence-corrected chi connectivity index (χ2v) is 8.42. The Balaban J connectivity index is 1.32. The molecule has 0 unspecified atom stereocenters. The van der Waals surface area contributed by atoms with Gasteiger partial charge in [0.15, 0.2) is 6.23 Å². The minimum Gasteiger partial charge on any atom is -0.493 e. The van der Waals surface area contributed by atoms with Gasteiger partial charge in [0.25, 0.3) is 0 Å². The van der Waals surface area contributed by atoms with E-state index in [1.54, 1.807) is 0 Å². The molecule has 8 heteroatoms. The molecular formula is C24H31N5O3. The van der Waals surface area contributed by atoms with Gasteiger partial charge in [0.1, 0.15) is 11.6 Å². The van der Waals surface area contributed by atoms with Crippen LogP contribution in [0.2, 0.25) is 0 Å². The van der Waals surface area contributed by atoms with E-state index in [0.29, 0.717) is 12.4 Å². The quantitative estimate of drug-likeness (QED) is 0.566. The monoisotopic (exact) mass is 437 g/mol. The van der Waals surface area contributed by atoms with Crippen LogP contribution >= 0.6 is 0 Å². The molecule has 4 heterocycles. The topological polar surface area (TPSA) is 87.7 Å². The summed E-state index contributed by atoms with van der Waals surface area (Å²) in [6.45, 7) is 6.07. The van der Waals surface area contributed by atoms with Crippen molar-refractivity contribution in [3.05, 3.63) is 36.5 Å². The van der Waals surface area contributed by atoms with Gasteiger partial charge in [0.2, 0.25) is 0 Å². The Morgan fingerprint density at radius 1 is 1.09 bits per heavy atom. The van der Waals surface area contributed by atoms with Crippen molar-refractivity contribution >= 4 is 16.7 Å². The molecule has 1 atom stereocenters. The maximum atomic E-state index is 6.13. The molecule has 2 N–H and O–H groups in total. The Morgan fingerprint density at radius 3 is 2.84 bits per heavy atom. The first-order valence-electron chi connectivity index (χ1n) is 11.6. The third-order valence-electron chi connectivity index (χ3n) is 6.17. The van der Waals surface area contributed by atoms with Gasteiger partial charge < -0.3 is 19.9 Å². The number of aromatic nitrogens is 3. The summed E-state index contributed by atoms with van der Waals surface area (Å²) < 4.78 is 19.5. The molecule has 2 saturated heterocycles. The maximum Gasteiger partial charge on any atom is 0.150 e. The second kappa shape index (κ2) is 9.85. The van der Waals surface area contributed by atoms with Crippen LogP contribution in [0, 0.1) is 0 Å². The van der Waals surface area contributed by atoms with Gasteiger partial charge in [-0.15, -0.1) is 0 Å². The average Bonchev–Trinajstić information content (AvgIpc) is 3.32. The summed E-state index contributed by atoms with van der Waals surface area (Å²) in [5.41, 5.74) is 9.00. The standard InChI is InChI=1S/C24H31N5O3/c25-23-17-22(31-13-3-9-28-10-14-30-15-11-28)19-6-5-18(16-20(19)27-23)21-7-8-26-29(21)24-4-1-2-12-32-24/h5-8,16-17,24H,1-4,9-15H2,(H2,25,27)/t24-/m1/s1. The van der Waals surface area contributed by atoms with Crippen molar-refractivity contribution in [1.82, 2.24) is 19.7 Å². The summed E-state index contributed by atoms with van der Waals surface area (Å²) in [6, 6.07) is 10.1. The van der Waals surface area contributed by atoms with Crippen LogP contribution in [0.5, 0.6) is 5.75 Å². The molecule has 0 radical (unpaired) electrons. The third-order valence-corrected chi connectivity index (χ3v) is 6.17. The van der Waals surface area contributed by atoms with Crippen molar-refractivity contribution in [2.45, 2.75) is 31.9 Å². The Hall–Kier alpha value is -2.68. The van der Waals surface area contributed by atoms with Crippen LogP contribution in [0.3, 0.4) is 0 Å². The molecule has 0 bridgehead atoms. The van der Waals surface area contributed by atoms with E-state index in [1.807, 2.05) is 23.0 Å². The zero-order valence-electron chi connectivity index (χ0n) is 18.4. The van der Waals surface area contributed by atoms with Gasteiger partial charge in [-0.2, -0.15) is 5.10 Å². The number of morpholine rings is 1. The highest BCUT2D eigenvalue weighted by Crippen LogP contribution is 2.33. The predicted molar refractivity (Wildman–Crippen MR) is 124 cm³/mol. The van der Waals surface area contributed by atoms with Crippen molar-refractivity contribution in [3.63, 3.8) is 0 Å². The van der Waals surface area contributed by atoms with Crippen molar-refractivity contribution in [3.8, 4) is 17.0 Å². The maximum absolute atomic E-state index is 6.13. The Bertz CT molecular complexity index is 1040. The molecule has 2 aliphatic heterocycles. The fourth-order valence-electron chi connectivity index (χ4n) is 4.48. The molecule has 2 fully saturated rings. The Labute approximate surface area is 188 Å². The molecule has 0 amide bonds. The number of nitrogen functional groups attached to an aromatic ring is 1. The van der Waals surface area contributed by atoms with E-state index >= 15 is 0 Å². The van der Waals surface area contributed by atoms with Crippen LogP contribution in [0.25, 0.3) is 22.2 Å². The lowest BCUT2D eigenvalue weighted by Crippen LogP contribution is -2.37. The summed E-state index contributed by atoms with van der Waals surface area (Å²) in [4.78, 5) is 6.98. The lowest BCUT2D eigenvalue weighted by atomic mass is 10.1. The molecule has 5 rings (SSSR count). The highest BCUT2D eigenvalue weighted by Gasteiger charge is 2.20. The first kappa shape index (κ1) is 21.2. The summed E-state index contributed by atoms with van der Waals surface area (Å²) in [6.07, 6.45) is 6.03. The number of hydrogen-bond acceptors (Lipinski definition) is 7. The predicted octanol–water partition coefficient (Wildman–Crippen LogP) is 3.48. The Kier molecular flexibility index (Phi) is 6.52. The number of benzene rings is 1. The molecule has 0 saturated carbocycles. The van der Waals surface area contributed by atoms with Gasteiger partial charge in [0, 0.05) is 49.5 Å². The summed E-state index contributed by atoms with van der Waals surface area (Å²) in [5, 5.41) is 5.50. The number of ether oxygens (including phenoxy) is 3. The summed E-state index contributed by atoms with van der Waals surface area (Å²) in [7, 11) is 0. The Morgan fingerprint density at radius 2 is 2.00 bits per heavy atom. The van der Waals surface area contributed by atoms with Crippen LogP contribution < -0.4 is 10.5 Å². The molecule has 2 aliphatic rings. The highest BCUT2D eigenvalue weighted by atomic mass is 16.5. The first-order valence-corrected chi connectivity index (χ1v) is 11.6. The SMILES string of the molecule is Nc1cc(OCCCN2CCOCC2)c2ccc(-c3ccnn3[C@H]3CCCCO3)cc2n1. The number of anilines is 1. The average molecular weight is 438 g/mol. The van der Waals surface area contributed by atoms with Crippen molar-refractivity contribution in [2.75, 3.05) is 51.8 Å². The molecule has 8 nitrogen and oxygen atoms in total. The lowest BCUT2D eigenvalue weighted by molar-refractivity contribution is -0.0383. The van der Waals surface area contributed by atoms with E-state index in [1.165, 1.54) is 0 Å². The minimum absolute atomic E-state index is 0.0105. The largest absolute Gasteiger partial charge is 0.493 e.